The highest BCUT2D eigenvalue weighted by Crippen LogP contribution is 2.27. The zero-order valence-electron chi connectivity index (χ0n) is 14.1. The van der Waals surface area contributed by atoms with Crippen molar-refractivity contribution in [3.8, 4) is 5.75 Å². The maximum Gasteiger partial charge on any atom is 0.245 e. The summed E-state index contributed by atoms with van der Waals surface area (Å²) in [5, 5.41) is 2.92. The van der Waals surface area contributed by atoms with E-state index in [1.54, 1.807) is 25.1 Å². The summed E-state index contributed by atoms with van der Waals surface area (Å²) in [6.07, 6.45) is 0. The highest BCUT2D eigenvalue weighted by molar-refractivity contribution is 14.1. The van der Waals surface area contributed by atoms with Crippen LogP contribution in [0.1, 0.15) is 13.8 Å². The van der Waals surface area contributed by atoms with Crippen molar-refractivity contribution >= 4 is 55.8 Å². The van der Waals surface area contributed by atoms with Crippen LogP contribution in [-0.2, 0) is 14.8 Å². The van der Waals surface area contributed by atoms with Crippen LogP contribution in [0.5, 0.6) is 5.75 Å². The topological polar surface area (TPSA) is 84.5 Å². The van der Waals surface area contributed by atoms with E-state index in [1.165, 1.54) is 19.1 Å². The number of halogens is 2. The van der Waals surface area contributed by atoms with Crippen LogP contribution in [0.3, 0.4) is 0 Å². The lowest BCUT2D eigenvalue weighted by atomic mass is 10.3. The molecule has 2 aromatic rings. The Hall–Kier alpha value is -1.36. The number of sulfonamides is 1. The number of carbonyl (C=O) groups is 1. The molecule has 1 unspecified atom stereocenters. The fourth-order valence-electron chi connectivity index (χ4n) is 2.10. The molecule has 1 amide bonds. The summed E-state index contributed by atoms with van der Waals surface area (Å²) in [7, 11) is -4.00. The number of rotatable bonds is 7. The SMILES string of the molecule is CCOc1ccc(Cl)cc1S(=O)(=O)NC(C)C(=O)Nc1ccc(I)cc1. The van der Waals surface area contributed by atoms with E-state index in [2.05, 4.69) is 32.6 Å². The number of amides is 1. The minimum atomic E-state index is -4.00. The first-order valence-corrected chi connectivity index (χ1v) is 10.7. The molecule has 0 fully saturated rings. The van der Waals surface area contributed by atoms with Crippen molar-refractivity contribution < 1.29 is 17.9 Å². The summed E-state index contributed by atoms with van der Waals surface area (Å²) < 4.78 is 34.0. The van der Waals surface area contributed by atoms with E-state index in [9.17, 15) is 13.2 Å². The maximum absolute atomic E-state index is 12.7. The van der Waals surface area contributed by atoms with Crippen molar-refractivity contribution in [2.24, 2.45) is 0 Å². The Morgan fingerprint density at radius 2 is 1.88 bits per heavy atom. The Bertz CT molecular complexity index is 888. The third-order valence-corrected chi connectivity index (χ3v) is 5.85. The van der Waals surface area contributed by atoms with Crippen molar-refractivity contribution in [3.63, 3.8) is 0 Å². The van der Waals surface area contributed by atoms with Crippen LogP contribution < -0.4 is 14.8 Å². The first-order chi connectivity index (χ1) is 12.2. The molecule has 9 heteroatoms. The average molecular weight is 509 g/mol. The van der Waals surface area contributed by atoms with Gasteiger partial charge in [-0.25, -0.2) is 8.42 Å². The number of hydrogen-bond acceptors (Lipinski definition) is 4. The Morgan fingerprint density at radius 1 is 1.23 bits per heavy atom. The van der Waals surface area contributed by atoms with Gasteiger partial charge >= 0.3 is 0 Å². The van der Waals surface area contributed by atoms with Crippen LogP contribution in [0.4, 0.5) is 5.69 Å². The standard InChI is InChI=1S/C17H18ClIN2O4S/c1-3-25-15-9-4-12(18)10-16(15)26(23,24)21-11(2)17(22)20-14-7-5-13(19)6-8-14/h4-11,21H,3H2,1-2H3,(H,20,22). The number of carbonyl (C=O) groups excluding carboxylic acids is 1. The number of ether oxygens (including phenoxy) is 1. The normalized spacial score (nSPS) is 12.5. The molecule has 2 rings (SSSR count). The quantitative estimate of drug-likeness (QED) is 0.559. The van der Waals surface area contributed by atoms with Gasteiger partial charge in [0.05, 0.1) is 12.6 Å². The lowest BCUT2D eigenvalue weighted by Gasteiger charge is -2.16. The van der Waals surface area contributed by atoms with Gasteiger partial charge in [0, 0.05) is 14.3 Å². The van der Waals surface area contributed by atoms with Gasteiger partial charge in [-0.1, -0.05) is 11.6 Å². The summed E-state index contributed by atoms with van der Waals surface area (Å²) in [4.78, 5) is 12.2. The molecule has 0 saturated carbocycles. The third kappa shape index (κ3) is 5.57. The largest absolute Gasteiger partial charge is 0.492 e. The van der Waals surface area contributed by atoms with E-state index in [1.807, 2.05) is 12.1 Å². The van der Waals surface area contributed by atoms with Crippen molar-refractivity contribution in [2.45, 2.75) is 24.8 Å². The number of benzene rings is 2. The Balaban J connectivity index is 2.16. The molecule has 2 N–H and O–H groups in total. The van der Waals surface area contributed by atoms with Crippen molar-refractivity contribution in [2.75, 3.05) is 11.9 Å². The van der Waals surface area contributed by atoms with E-state index >= 15 is 0 Å². The summed E-state index contributed by atoms with van der Waals surface area (Å²) in [5.74, 6) is -0.301. The predicted molar refractivity (Wildman–Crippen MR) is 110 cm³/mol. The molecule has 0 bridgehead atoms. The monoisotopic (exact) mass is 508 g/mol. The molecule has 0 saturated heterocycles. The molecule has 140 valence electrons. The van der Waals surface area contributed by atoms with Gasteiger partial charge in [-0.05, 0) is 78.9 Å². The smallest absolute Gasteiger partial charge is 0.245 e. The highest BCUT2D eigenvalue weighted by Gasteiger charge is 2.25. The van der Waals surface area contributed by atoms with Crippen molar-refractivity contribution in [1.29, 1.82) is 0 Å². The van der Waals surface area contributed by atoms with Gasteiger partial charge in [-0.3, -0.25) is 4.79 Å². The van der Waals surface area contributed by atoms with Gasteiger partial charge in [0.2, 0.25) is 15.9 Å². The van der Waals surface area contributed by atoms with E-state index < -0.39 is 22.0 Å². The Kier molecular flexibility index (Phi) is 7.27. The van der Waals surface area contributed by atoms with Gasteiger partial charge in [-0.15, -0.1) is 0 Å². The zero-order chi connectivity index (χ0) is 19.3. The Morgan fingerprint density at radius 3 is 2.50 bits per heavy atom. The molecular weight excluding hydrogens is 491 g/mol. The molecule has 0 radical (unpaired) electrons. The van der Waals surface area contributed by atoms with Crippen molar-refractivity contribution in [1.82, 2.24) is 4.72 Å². The van der Waals surface area contributed by atoms with Crippen LogP contribution in [0.25, 0.3) is 0 Å². The van der Waals surface area contributed by atoms with E-state index in [4.69, 9.17) is 16.3 Å². The van der Waals surface area contributed by atoms with Crippen LogP contribution in [0, 0.1) is 3.57 Å². The second-order valence-corrected chi connectivity index (χ2v) is 8.73. The third-order valence-electron chi connectivity index (χ3n) is 3.33. The molecule has 0 heterocycles. The second-order valence-electron chi connectivity index (χ2n) is 5.36. The number of nitrogens with one attached hydrogen (secondary N) is 2. The first kappa shape index (κ1) is 20.9. The van der Waals surface area contributed by atoms with E-state index in [-0.39, 0.29) is 15.7 Å². The van der Waals surface area contributed by atoms with Crippen LogP contribution >= 0.6 is 34.2 Å². The molecule has 6 nitrogen and oxygen atoms in total. The zero-order valence-corrected chi connectivity index (χ0v) is 17.9. The lowest BCUT2D eigenvalue weighted by Crippen LogP contribution is -2.41. The fourth-order valence-corrected chi connectivity index (χ4v) is 4.07. The summed E-state index contributed by atoms with van der Waals surface area (Å²) in [6, 6.07) is 10.5. The second kappa shape index (κ2) is 9.03. The van der Waals surface area contributed by atoms with Gasteiger partial charge in [-0.2, -0.15) is 4.72 Å². The van der Waals surface area contributed by atoms with E-state index in [0.717, 1.165) is 3.57 Å². The van der Waals surface area contributed by atoms with Crippen LogP contribution in [0.2, 0.25) is 5.02 Å². The lowest BCUT2D eigenvalue weighted by molar-refractivity contribution is -0.117. The summed E-state index contributed by atoms with van der Waals surface area (Å²) in [5.41, 5.74) is 0.583. The number of hydrogen-bond donors (Lipinski definition) is 2. The van der Waals surface area contributed by atoms with Gasteiger partial charge in [0.25, 0.3) is 0 Å². The molecule has 0 aliphatic carbocycles. The number of anilines is 1. The molecule has 0 aromatic heterocycles. The molecular formula is C17H18ClIN2O4S. The minimum absolute atomic E-state index is 0.110. The maximum atomic E-state index is 12.7. The summed E-state index contributed by atoms with van der Waals surface area (Å²) >= 11 is 8.07. The molecule has 0 aliphatic heterocycles. The average Bonchev–Trinajstić information content (AvgIpc) is 2.58. The molecule has 2 aromatic carbocycles. The first-order valence-electron chi connectivity index (χ1n) is 7.74. The van der Waals surface area contributed by atoms with Crippen LogP contribution in [-0.4, -0.2) is 27.0 Å². The van der Waals surface area contributed by atoms with Crippen LogP contribution in [0.15, 0.2) is 47.4 Å². The predicted octanol–water partition coefficient (Wildman–Crippen LogP) is 3.65. The molecule has 1 atom stereocenters. The van der Waals surface area contributed by atoms with E-state index in [0.29, 0.717) is 12.3 Å². The van der Waals surface area contributed by atoms with Gasteiger partial charge < -0.3 is 10.1 Å². The van der Waals surface area contributed by atoms with Gasteiger partial charge in [0.1, 0.15) is 10.6 Å². The van der Waals surface area contributed by atoms with Crippen molar-refractivity contribution in [3.05, 3.63) is 51.1 Å². The minimum Gasteiger partial charge on any atom is -0.492 e. The molecule has 0 aliphatic rings. The molecule has 26 heavy (non-hydrogen) atoms. The Labute approximate surface area is 171 Å². The summed E-state index contributed by atoms with van der Waals surface area (Å²) in [6.45, 7) is 3.51. The van der Waals surface area contributed by atoms with Gasteiger partial charge in [0.15, 0.2) is 0 Å². The fraction of sp³-hybridized carbons (Fsp3) is 0.235. The molecule has 0 spiro atoms. The highest BCUT2D eigenvalue weighted by atomic mass is 127.